The molecule has 0 bridgehead atoms. The molecule has 0 amide bonds. The largest absolute Gasteiger partial charge is 0.228 e. The first-order valence-corrected chi connectivity index (χ1v) is 19.5. The second-order valence-electron chi connectivity index (χ2n) is 14.1. The summed E-state index contributed by atoms with van der Waals surface area (Å²) in [5, 5.41) is 10.1. The van der Waals surface area contributed by atoms with Crippen LogP contribution in [0.5, 0.6) is 0 Å². The Morgan fingerprint density at radius 1 is 0.327 bits per heavy atom. The molecule has 55 heavy (non-hydrogen) atoms. The van der Waals surface area contributed by atoms with Crippen LogP contribution in [0.1, 0.15) is 0 Å². The van der Waals surface area contributed by atoms with Crippen molar-refractivity contribution in [1.82, 2.24) is 9.97 Å². The van der Waals surface area contributed by atoms with Crippen LogP contribution < -0.4 is 0 Å². The molecule has 0 atom stereocenters. The molecule has 0 radical (unpaired) electrons. The van der Waals surface area contributed by atoms with Crippen LogP contribution in [-0.4, -0.2) is 9.97 Å². The van der Waals surface area contributed by atoms with Crippen molar-refractivity contribution in [2.75, 3.05) is 0 Å². The van der Waals surface area contributed by atoms with E-state index in [1.54, 1.807) is 0 Å². The summed E-state index contributed by atoms with van der Waals surface area (Å²) in [5.41, 5.74) is 9.65. The lowest BCUT2D eigenvalue weighted by Gasteiger charge is -2.16. The summed E-state index contributed by atoms with van der Waals surface area (Å²) in [6.07, 6.45) is 0. The number of benzene rings is 9. The molecule has 11 aromatic rings. The Bertz CT molecular complexity index is 3270. The molecule has 0 unspecified atom stereocenters. The van der Waals surface area contributed by atoms with Gasteiger partial charge >= 0.3 is 0 Å². The summed E-state index contributed by atoms with van der Waals surface area (Å²) in [6, 6.07) is 69.8. The highest BCUT2D eigenvalue weighted by Gasteiger charge is 2.18. The number of hydrogen-bond acceptors (Lipinski definition) is 3. The molecule has 0 N–H and O–H groups in total. The van der Waals surface area contributed by atoms with Gasteiger partial charge in [-0.25, -0.2) is 9.97 Å². The fourth-order valence-electron chi connectivity index (χ4n) is 8.36. The van der Waals surface area contributed by atoms with Crippen molar-refractivity contribution in [2.45, 2.75) is 0 Å². The van der Waals surface area contributed by atoms with Crippen LogP contribution in [-0.2, 0) is 0 Å². The van der Waals surface area contributed by atoms with Gasteiger partial charge in [-0.05, 0) is 84.9 Å². The molecular formula is C52H32N2S. The zero-order chi connectivity index (χ0) is 36.3. The maximum atomic E-state index is 5.30. The number of rotatable bonds is 5. The zero-order valence-electron chi connectivity index (χ0n) is 29.8. The lowest BCUT2D eigenvalue weighted by molar-refractivity contribution is 1.18. The van der Waals surface area contributed by atoms with Gasteiger partial charge in [0.05, 0.1) is 11.4 Å². The van der Waals surface area contributed by atoms with Gasteiger partial charge in [0.25, 0.3) is 0 Å². The normalized spacial score (nSPS) is 11.6. The van der Waals surface area contributed by atoms with Crippen molar-refractivity contribution in [3.05, 3.63) is 194 Å². The third kappa shape index (κ3) is 5.32. The van der Waals surface area contributed by atoms with Gasteiger partial charge in [-0.2, -0.15) is 0 Å². The Morgan fingerprint density at radius 2 is 0.964 bits per heavy atom. The van der Waals surface area contributed by atoms with E-state index in [1.807, 2.05) is 17.4 Å². The van der Waals surface area contributed by atoms with Crippen LogP contribution >= 0.6 is 11.3 Å². The molecule has 2 heterocycles. The Balaban J connectivity index is 1.13. The van der Waals surface area contributed by atoms with Crippen LogP contribution in [0.2, 0.25) is 0 Å². The average molecular weight is 717 g/mol. The van der Waals surface area contributed by atoms with Gasteiger partial charge in [-0.3, -0.25) is 0 Å². The molecule has 0 spiro atoms. The Hall–Kier alpha value is -6.94. The van der Waals surface area contributed by atoms with Gasteiger partial charge in [0.1, 0.15) is 0 Å². The molecular weight excluding hydrogens is 685 g/mol. The van der Waals surface area contributed by atoms with Gasteiger partial charge in [-0.1, -0.05) is 164 Å². The molecule has 256 valence electrons. The standard InChI is InChI=1S/C52H32N2S/c1-2-15-34(16-3-1)52-53-46(32-47(54-52)41-23-9-8-22-40(41)42-25-13-27-49-51(42)44-24-10-11-26-48(44)55-49)36-18-12-19-37(30-36)50-39-21-7-5-17-35(39)31-45-38-20-6-4-14-33(38)28-29-43(45)50/h1-32H. The minimum absolute atomic E-state index is 0.703. The predicted molar refractivity (Wildman–Crippen MR) is 235 cm³/mol. The number of thiophene rings is 1. The van der Waals surface area contributed by atoms with Crippen LogP contribution in [0.3, 0.4) is 0 Å². The Morgan fingerprint density at radius 3 is 1.85 bits per heavy atom. The first-order chi connectivity index (χ1) is 27.3. The number of fused-ring (bicyclic) bond motifs is 7. The summed E-state index contributed by atoms with van der Waals surface area (Å²) >= 11 is 1.85. The van der Waals surface area contributed by atoms with E-state index in [0.29, 0.717) is 5.82 Å². The second-order valence-corrected chi connectivity index (χ2v) is 15.2. The van der Waals surface area contributed by atoms with Crippen molar-refractivity contribution in [3.8, 4) is 56.2 Å². The molecule has 0 aliphatic carbocycles. The molecule has 0 fully saturated rings. The maximum absolute atomic E-state index is 5.30. The van der Waals surface area contributed by atoms with Crippen molar-refractivity contribution >= 4 is 63.8 Å². The predicted octanol–water partition coefficient (Wildman–Crippen LogP) is 14.6. The summed E-state index contributed by atoms with van der Waals surface area (Å²) in [7, 11) is 0. The van der Waals surface area contributed by atoms with E-state index in [2.05, 4.69) is 188 Å². The molecule has 9 aromatic carbocycles. The highest BCUT2D eigenvalue weighted by Crippen LogP contribution is 2.44. The monoisotopic (exact) mass is 716 g/mol. The quantitative estimate of drug-likeness (QED) is 0.131. The minimum atomic E-state index is 0.703. The fraction of sp³-hybridized carbons (Fsp3) is 0. The van der Waals surface area contributed by atoms with E-state index in [-0.39, 0.29) is 0 Å². The summed E-state index contributed by atoms with van der Waals surface area (Å²) in [4.78, 5) is 10.6. The van der Waals surface area contributed by atoms with Crippen molar-refractivity contribution in [2.24, 2.45) is 0 Å². The molecule has 3 heteroatoms. The van der Waals surface area contributed by atoms with E-state index >= 15 is 0 Å². The van der Waals surface area contributed by atoms with Crippen LogP contribution in [0.15, 0.2) is 194 Å². The van der Waals surface area contributed by atoms with Gasteiger partial charge in [-0.15, -0.1) is 11.3 Å². The molecule has 0 saturated carbocycles. The first-order valence-electron chi connectivity index (χ1n) is 18.7. The lowest BCUT2D eigenvalue weighted by atomic mass is 9.89. The SMILES string of the molecule is c1ccc(-c2nc(-c3cccc(-c4c5ccccc5cc5c4ccc4ccccc45)c3)cc(-c3ccccc3-c3cccc4sc5ccccc5c34)n2)cc1. The number of aromatic nitrogens is 2. The van der Waals surface area contributed by atoms with Gasteiger partial charge in [0, 0.05) is 36.9 Å². The molecule has 0 aliphatic heterocycles. The van der Waals surface area contributed by atoms with Gasteiger partial charge in [0.15, 0.2) is 5.82 Å². The van der Waals surface area contributed by atoms with Crippen LogP contribution in [0.25, 0.3) is 109 Å². The van der Waals surface area contributed by atoms with E-state index in [4.69, 9.17) is 9.97 Å². The van der Waals surface area contributed by atoms with Crippen LogP contribution in [0.4, 0.5) is 0 Å². The fourth-order valence-corrected chi connectivity index (χ4v) is 9.49. The van der Waals surface area contributed by atoms with E-state index in [1.165, 1.54) is 63.6 Å². The summed E-state index contributed by atoms with van der Waals surface area (Å²) in [6.45, 7) is 0. The van der Waals surface area contributed by atoms with Gasteiger partial charge < -0.3 is 0 Å². The smallest absolute Gasteiger partial charge is 0.160 e. The first kappa shape index (κ1) is 31.6. The van der Waals surface area contributed by atoms with Crippen molar-refractivity contribution in [1.29, 1.82) is 0 Å². The maximum Gasteiger partial charge on any atom is 0.160 e. The molecule has 11 rings (SSSR count). The lowest BCUT2D eigenvalue weighted by Crippen LogP contribution is -1.97. The third-order valence-corrected chi connectivity index (χ3v) is 12.0. The summed E-state index contributed by atoms with van der Waals surface area (Å²) in [5.74, 6) is 0.703. The van der Waals surface area contributed by atoms with Crippen molar-refractivity contribution < 1.29 is 0 Å². The zero-order valence-corrected chi connectivity index (χ0v) is 30.6. The Labute approximate surface area is 322 Å². The molecule has 2 nitrogen and oxygen atoms in total. The highest BCUT2D eigenvalue weighted by atomic mass is 32.1. The van der Waals surface area contributed by atoms with E-state index in [0.717, 1.165) is 39.2 Å². The average Bonchev–Trinajstić information content (AvgIpc) is 3.65. The minimum Gasteiger partial charge on any atom is -0.228 e. The van der Waals surface area contributed by atoms with E-state index in [9.17, 15) is 0 Å². The topological polar surface area (TPSA) is 25.8 Å². The summed E-state index contributed by atoms with van der Waals surface area (Å²) < 4.78 is 2.58. The molecule has 0 aliphatic rings. The van der Waals surface area contributed by atoms with E-state index < -0.39 is 0 Å². The molecule has 0 saturated heterocycles. The third-order valence-electron chi connectivity index (χ3n) is 10.9. The number of nitrogens with zero attached hydrogens (tertiary/aromatic N) is 2. The highest BCUT2D eigenvalue weighted by molar-refractivity contribution is 7.25. The Kier molecular flexibility index (Phi) is 7.39. The van der Waals surface area contributed by atoms with Crippen LogP contribution in [0, 0.1) is 0 Å². The number of hydrogen-bond donors (Lipinski definition) is 0. The van der Waals surface area contributed by atoms with Crippen molar-refractivity contribution in [3.63, 3.8) is 0 Å². The molecule has 2 aromatic heterocycles. The second kappa shape index (κ2) is 12.9. The van der Waals surface area contributed by atoms with Gasteiger partial charge in [0.2, 0.25) is 0 Å².